The fourth-order valence-corrected chi connectivity index (χ4v) is 1.30. The van der Waals surface area contributed by atoms with E-state index < -0.39 is 0 Å². The SMILES string of the molecule is CNc1cncc2c1COC2. The van der Waals surface area contributed by atoms with Crippen LogP contribution in [0.15, 0.2) is 12.4 Å². The lowest BCUT2D eigenvalue weighted by Crippen LogP contribution is -1.95. The third-order valence-electron chi connectivity index (χ3n) is 1.92. The van der Waals surface area contributed by atoms with Gasteiger partial charge in [-0.05, 0) is 0 Å². The molecule has 3 heteroatoms. The molecule has 0 amide bonds. The highest BCUT2D eigenvalue weighted by atomic mass is 16.5. The molecular formula is C8H10N2O. The Labute approximate surface area is 65.4 Å². The maximum absolute atomic E-state index is 5.28. The van der Waals surface area contributed by atoms with Gasteiger partial charge in [-0.25, -0.2) is 0 Å². The van der Waals surface area contributed by atoms with Gasteiger partial charge in [0.1, 0.15) is 0 Å². The lowest BCUT2D eigenvalue weighted by atomic mass is 10.1. The number of anilines is 1. The predicted molar refractivity (Wildman–Crippen MR) is 42.3 cm³/mol. The van der Waals surface area contributed by atoms with Crippen molar-refractivity contribution >= 4 is 5.69 Å². The average molecular weight is 150 g/mol. The van der Waals surface area contributed by atoms with Gasteiger partial charge in [-0.15, -0.1) is 0 Å². The lowest BCUT2D eigenvalue weighted by Gasteiger charge is -2.03. The van der Waals surface area contributed by atoms with Gasteiger partial charge in [-0.1, -0.05) is 0 Å². The number of rotatable bonds is 1. The first-order valence-electron chi connectivity index (χ1n) is 3.63. The molecule has 2 heterocycles. The molecule has 3 nitrogen and oxygen atoms in total. The minimum Gasteiger partial charge on any atom is -0.387 e. The van der Waals surface area contributed by atoms with Gasteiger partial charge in [-0.3, -0.25) is 4.98 Å². The van der Waals surface area contributed by atoms with Crippen LogP contribution < -0.4 is 5.32 Å². The first-order chi connectivity index (χ1) is 5.42. The van der Waals surface area contributed by atoms with Crippen LogP contribution in [0.25, 0.3) is 0 Å². The number of pyridine rings is 1. The molecule has 0 atom stereocenters. The zero-order valence-electron chi connectivity index (χ0n) is 6.42. The average Bonchev–Trinajstić information content (AvgIpc) is 2.50. The molecule has 0 saturated carbocycles. The lowest BCUT2D eigenvalue weighted by molar-refractivity contribution is 0.134. The van der Waals surface area contributed by atoms with E-state index >= 15 is 0 Å². The van der Waals surface area contributed by atoms with Crippen molar-refractivity contribution in [3.05, 3.63) is 23.5 Å². The predicted octanol–water partition coefficient (Wildman–Crippen LogP) is 1.15. The zero-order valence-corrected chi connectivity index (χ0v) is 6.42. The Kier molecular flexibility index (Phi) is 1.51. The summed E-state index contributed by atoms with van der Waals surface area (Å²) in [5.74, 6) is 0. The Morgan fingerprint density at radius 2 is 2.36 bits per heavy atom. The van der Waals surface area contributed by atoms with Crippen LogP contribution in [0.4, 0.5) is 5.69 Å². The number of hydrogen-bond acceptors (Lipinski definition) is 3. The van der Waals surface area contributed by atoms with Gasteiger partial charge in [-0.2, -0.15) is 0 Å². The topological polar surface area (TPSA) is 34.2 Å². The largest absolute Gasteiger partial charge is 0.387 e. The fourth-order valence-electron chi connectivity index (χ4n) is 1.30. The highest BCUT2D eigenvalue weighted by molar-refractivity contribution is 5.52. The summed E-state index contributed by atoms with van der Waals surface area (Å²) >= 11 is 0. The molecule has 0 fully saturated rings. The number of ether oxygens (including phenoxy) is 1. The summed E-state index contributed by atoms with van der Waals surface area (Å²) in [4.78, 5) is 4.08. The number of nitrogens with one attached hydrogen (secondary N) is 1. The van der Waals surface area contributed by atoms with E-state index in [0.717, 1.165) is 5.69 Å². The van der Waals surface area contributed by atoms with Crippen molar-refractivity contribution in [2.75, 3.05) is 12.4 Å². The molecule has 11 heavy (non-hydrogen) atoms. The Morgan fingerprint density at radius 3 is 3.18 bits per heavy atom. The summed E-state index contributed by atoms with van der Waals surface area (Å²) in [5, 5.41) is 3.08. The second-order valence-electron chi connectivity index (χ2n) is 2.57. The fraction of sp³-hybridized carbons (Fsp3) is 0.375. The van der Waals surface area contributed by atoms with Crippen LogP contribution in [0.5, 0.6) is 0 Å². The van der Waals surface area contributed by atoms with Gasteiger partial charge < -0.3 is 10.1 Å². The van der Waals surface area contributed by atoms with Crippen molar-refractivity contribution in [3.63, 3.8) is 0 Å². The number of nitrogens with zero attached hydrogens (tertiary/aromatic N) is 1. The quantitative estimate of drug-likeness (QED) is 0.652. The Balaban J connectivity index is 2.50. The smallest absolute Gasteiger partial charge is 0.0746 e. The van der Waals surface area contributed by atoms with Crippen molar-refractivity contribution in [1.29, 1.82) is 0 Å². The molecule has 0 aromatic carbocycles. The van der Waals surface area contributed by atoms with Gasteiger partial charge in [0.25, 0.3) is 0 Å². The molecule has 1 aromatic rings. The van der Waals surface area contributed by atoms with E-state index in [1.54, 1.807) is 0 Å². The molecule has 0 aliphatic carbocycles. The molecular weight excluding hydrogens is 140 g/mol. The van der Waals surface area contributed by atoms with Crippen molar-refractivity contribution in [3.8, 4) is 0 Å². The van der Waals surface area contributed by atoms with Crippen LogP contribution in [0.1, 0.15) is 11.1 Å². The van der Waals surface area contributed by atoms with Gasteiger partial charge in [0.05, 0.1) is 25.1 Å². The zero-order chi connectivity index (χ0) is 7.68. The molecule has 0 radical (unpaired) electrons. The second-order valence-corrected chi connectivity index (χ2v) is 2.57. The minimum absolute atomic E-state index is 0.706. The molecule has 0 saturated heterocycles. The van der Waals surface area contributed by atoms with E-state index in [9.17, 15) is 0 Å². The van der Waals surface area contributed by atoms with Crippen molar-refractivity contribution in [2.45, 2.75) is 13.2 Å². The normalized spacial score (nSPS) is 14.6. The summed E-state index contributed by atoms with van der Waals surface area (Å²) in [6.07, 6.45) is 3.69. The highest BCUT2D eigenvalue weighted by Gasteiger charge is 2.14. The van der Waals surface area contributed by atoms with Crippen LogP contribution in [-0.2, 0) is 18.0 Å². The second kappa shape index (κ2) is 2.51. The van der Waals surface area contributed by atoms with Crippen LogP contribution >= 0.6 is 0 Å². The summed E-state index contributed by atoms with van der Waals surface area (Å²) in [6, 6.07) is 0. The minimum atomic E-state index is 0.706. The Hall–Kier alpha value is -1.09. The van der Waals surface area contributed by atoms with Crippen LogP contribution in [0.2, 0.25) is 0 Å². The van der Waals surface area contributed by atoms with Gasteiger partial charge in [0.15, 0.2) is 0 Å². The summed E-state index contributed by atoms with van der Waals surface area (Å²) < 4.78 is 5.28. The molecule has 1 aromatic heterocycles. The molecule has 1 aliphatic heterocycles. The van der Waals surface area contributed by atoms with Crippen LogP contribution in [0, 0.1) is 0 Å². The van der Waals surface area contributed by atoms with Gasteiger partial charge in [0.2, 0.25) is 0 Å². The molecule has 1 N–H and O–H groups in total. The molecule has 2 rings (SSSR count). The van der Waals surface area contributed by atoms with Crippen LogP contribution in [0.3, 0.4) is 0 Å². The van der Waals surface area contributed by atoms with Crippen LogP contribution in [-0.4, -0.2) is 12.0 Å². The van der Waals surface area contributed by atoms with E-state index in [4.69, 9.17) is 4.74 Å². The monoisotopic (exact) mass is 150 g/mol. The van der Waals surface area contributed by atoms with E-state index in [1.807, 2.05) is 19.4 Å². The molecule has 1 aliphatic rings. The first kappa shape index (κ1) is 6.61. The number of hydrogen-bond donors (Lipinski definition) is 1. The maximum atomic E-state index is 5.28. The van der Waals surface area contributed by atoms with Gasteiger partial charge >= 0.3 is 0 Å². The third-order valence-corrected chi connectivity index (χ3v) is 1.92. The Bertz CT molecular complexity index is 273. The van der Waals surface area contributed by atoms with E-state index in [1.165, 1.54) is 11.1 Å². The standard InChI is InChI=1S/C8H10N2O/c1-9-8-3-10-2-6-4-11-5-7(6)8/h2-3,9H,4-5H2,1H3. The first-order valence-corrected chi connectivity index (χ1v) is 3.63. The molecule has 0 spiro atoms. The molecule has 58 valence electrons. The Morgan fingerprint density at radius 1 is 1.45 bits per heavy atom. The van der Waals surface area contributed by atoms with Crippen molar-refractivity contribution < 1.29 is 4.74 Å². The molecule has 0 unspecified atom stereocenters. The van der Waals surface area contributed by atoms with Crippen molar-refractivity contribution in [2.24, 2.45) is 0 Å². The number of aromatic nitrogens is 1. The summed E-state index contributed by atoms with van der Waals surface area (Å²) in [5.41, 5.74) is 3.54. The van der Waals surface area contributed by atoms with Crippen molar-refractivity contribution in [1.82, 2.24) is 4.98 Å². The summed E-state index contributed by atoms with van der Waals surface area (Å²) in [6.45, 7) is 1.42. The maximum Gasteiger partial charge on any atom is 0.0746 e. The highest BCUT2D eigenvalue weighted by Crippen LogP contribution is 2.25. The number of fused-ring (bicyclic) bond motifs is 1. The third kappa shape index (κ3) is 0.973. The summed E-state index contributed by atoms with van der Waals surface area (Å²) in [7, 11) is 1.90. The van der Waals surface area contributed by atoms with E-state index in [-0.39, 0.29) is 0 Å². The van der Waals surface area contributed by atoms with E-state index in [0.29, 0.717) is 13.2 Å². The van der Waals surface area contributed by atoms with E-state index in [2.05, 4.69) is 10.3 Å². The van der Waals surface area contributed by atoms with Gasteiger partial charge in [0, 0.05) is 24.4 Å². The molecule has 0 bridgehead atoms.